The zero-order valence-electron chi connectivity index (χ0n) is 28.6. The van der Waals surface area contributed by atoms with Crippen LogP contribution in [-0.4, -0.2) is 79.0 Å². The third-order valence-electron chi connectivity index (χ3n) is 16.9. The highest BCUT2D eigenvalue weighted by Gasteiger charge is 2.71. The summed E-state index contributed by atoms with van der Waals surface area (Å²) in [5, 5.41) is 10.8. The van der Waals surface area contributed by atoms with Gasteiger partial charge in [-0.15, -0.1) is 0 Å². The highest BCUT2D eigenvalue weighted by molar-refractivity contribution is 5.71. The average Bonchev–Trinajstić information content (AvgIpc) is 3.36. The summed E-state index contributed by atoms with van der Waals surface area (Å²) in [7, 11) is 0. The number of piperazine rings is 3. The SMILES string of the molecule is C=C(C)C1CC[C@]2(CO)CC[C@]3(C)C(CCC4[C@@]5(C)CC[C@H](OC(=O)C[N+]67CCN(CC6)CC7)C(C)(C)C5CC[C@]43C)C12. The van der Waals surface area contributed by atoms with Gasteiger partial charge in [0, 0.05) is 31.7 Å². The van der Waals surface area contributed by atoms with Crippen LogP contribution in [0.5, 0.6) is 0 Å². The molecule has 5 nitrogen and oxygen atoms in total. The second kappa shape index (κ2) is 10.0. The first-order valence-electron chi connectivity index (χ1n) is 18.3. The van der Waals surface area contributed by atoms with Gasteiger partial charge in [0.05, 0.1) is 19.6 Å². The van der Waals surface area contributed by atoms with Gasteiger partial charge in [-0.25, -0.2) is 4.79 Å². The highest BCUT2D eigenvalue weighted by atomic mass is 16.5. The topological polar surface area (TPSA) is 49.8 Å². The second-order valence-corrected chi connectivity index (χ2v) is 18.6. The average molecular weight is 596 g/mol. The number of esters is 1. The highest BCUT2D eigenvalue weighted by Crippen LogP contribution is 2.77. The number of carbonyl (C=O) groups is 1. The van der Waals surface area contributed by atoms with Crippen molar-refractivity contribution < 1.29 is 19.1 Å². The fourth-order valence-corrected chi connectivity index (χ4v) is 14.2. The molecule has 0 aromatic rings. The summed E-state index contributed by atoms with van der Waals surface area (Å²) in [5.74, 6) is 3.22. The van der Waals surface area contributed by atoms with E-state index in [2.05, 4.69) is 53.0 Å². The predicted molar refractivity (Wildman–Crippen MR) is 172 cm³/mol. The van der Waals surface area contributed by atoms with E-state index >= 15 is 0 Å². The standard InChI is InChI=1S/C38H63N2O3/c1-26(2)27-10-15-38(25-41)17-16-36(6)28(33(27)38)8-9-30-35(5)13-12-31(34(3,4)29(35)11-14-37(30,36)7)43-32(42)24-40-21-18-39(19-22-40)20-23-40/h27-31,33,41H,1,8-25H2,2-7H3/q+1/t27?,28?,29?,30?,31-,33?,35-,36+,37+,38+/m0/s1. The Morgan fingerprint density at radius 1 is 0.860 bits per heavy atom. The second-order valence-electron chi connectivity index (χ2n) is 18.6. The number of rotatable bonds is 5. The van der Waals surface area contributed by atoms with E-state index in [0.29, 0.717) is 53.6 Å². The lowest BCUT2D eigenvalue weighted by Crippen LogP contribution is -2.69. The Labute approximate surface area is 262 Å². The minimum atomic E-state index is -0.00253. The number of aliphatic hydroxyl groups excluding tert-OH is 1. The van der Waals surface area contributed by atoms with Crippen molar-refractivity contribution in [3.05, 3.63) is 12.2 Å². The molecule has 8 rings (SSSR count). The lowest BCUT2D eigenvalue weighted by molar-refractivity contribution is -0.934. The summed E-state index contributed by atoms with van der Waals surface area (Å²) in [5.41, 5.74) is 2.39. The molecular weight excluding hydrogens is 532 g/mol. The molecule has 8 aliphatic rings. The molecular formula is C38H63N2O3+. The van der Waals surface area contributed by atoms with E-state index in [1.54, 1.807) is 0 Å². The van der Waals surface area contributed by atoms with Crippen LogP contribution >= 0.6 is 0 Å². The maximum Gasteiger partial charge on any atom is 0.362 e. The number of fused-ring (bicyclic) bond motifs is 10. The van der Waals surface area contributed by atoms with E-state index in [4.69, 9.17) is 4.74 Å². The van der Waals surface area contributed by atoms with Crippen molar-refractivity contribution >= 4 is 5.97 Å². The molecule has 10 atom stereocenters. The summed E-state index contributed by atoms with van der Waals surface area (Å²) >= 11 is 0. The molecule has 1 N–H and O–H groups in total. The molecule has 3 aliphatic heterocycles. The van der Waals surface area contributed by atoms with Crippen LogP contribution in [0.4, 0.5) is 0 Å². The number of quaternary nitrogens is 1. The Hall–Kier alpha value is -0.910. The van der Waals surface area contributed by atoms with Crippen molar-refractivity contribution in [1.82, 2.24) is 4.90 Å². The number of aliphatic hydroxyl groups is 1. The molecule has 3 saturated heterocycles. The summed E-state index contributed by atoms with van der Waals surface area (Å²) < 4.78 is 7.47. The van der Waals surface area contributed by atoms with Crippen molar-refractivity contribution in [2.75, 3.05) is 52.4 Å². The lowest BCUT2D eigenvalue weighted by atomic mass is 9.32. The van der Waals surface area contributed by atoms with Crippen LogP contribution in [-0.2, 0) is 9.53 Å². The molecule has 2 bridgehead atoms. The first-order valence-corrected chi connectivity index (χ1v) is 18.3. The zero-order valence-corrected chi connectivity index (χ0v) is 28.6. The number of carbonyl (C=O) groups excluding carboxylic acids is 1. The van der Waals surface area contributed by atoms with E-state index in [0.717, 1.165) is 50.2 Å². The van der Waals surface area contributed by atoms with Crippen LogP contribution in [0.2, 0.25) is 0 Å². The van der Waals surface area contributed by atoms with Crippen LogP contribution in [0.3, 0.4) is 0 Å². The monoisotopic (exact) mass is 595 g/mol. The van der Waals surface area contributed by atoms with Gasteiger partial charge >= 0.3 is 5.97 Å². The fraction of sp³-hybridized carbons (Fsp3) is 0.921. The van der Waals surface area contributed by atoms with Crippen molar-refractivity contribution in [2.24, 2.45) is 56.7 Å². The molecule has 5 saturated carbocycles. The zero-order chi connectivity index (χ0) is 30.6. The summed E-state index contributed by atoms with van der Waals surface area (Å²) in [6, 6.07) is 0. The molecule has 8 fully saturated rings. The van der Waals surface area contributed by atoms with Gasteiger partial charge in [0.2, 0.25) is 0 Å². The fourth-order valence-electron chi connectivity index (χ4n) is 14.2. The summed E-state index contributed by atoms with van der Waals surface area (Å²) in [6.45, 7) is 27.4. The van der Waals surface area contributed by atoms with E-state index < -0.39 is 0 Å². The minimum Gasteiger partial charge on any atom is -0.458 e. The normalized spacial score (nSPS) is 53.2. The van der Waals surface area contributed by atoms with Crippen molar-refractivity contribution in [3.63, 3.8) is 0 Å². The lowest BCUT2D eigenvalue weighted by Gasteiger charge is -2.73. The Morgan fingerprint density at radius 2 is 1.56 bits per heavy atom. The van der Waals surface area contributed by atoms with Gasteiger partial charge in [-0.3, -0.25) is 4.90 Å². The minimum absolute atomic E-state index is 0.00253. The van der Waals surface area contributed by atoms with Crippen molar-refractivity contribution in [3.8, 4) is 0 Å². The molecule has 0 radical (unpaired) electrons. The van der Waals surface area contributed by atoms with Crippen molar-refractivity contribution in [2.45, 2.75) is 112 Å². The first kappa shape index (κ1) is 30.7. The van der Waals surface area contributed by atoms with E-state index in [1.807, 2.05) is 0 Å². The largest absolute Gasteiger partial charge is 0.458 e. The van der Waals surface area contributed by atoms with Crippen molar-refractivity contribution in [1.29, 1.82) is 0 Å². The van der Waals surface area contributed by atoms with Crippen LogP contribution in [0.25, 0.3) is 0 Å². The number of allylic oxidation sites excluding steroid dienone is 1. The van der Waals surface area contributed by atoms with Gasteiger partial charge < -0.3 is 14.3 Å². The number of ether oxygens (including phenoxy) is 1. The van der Waals surface area contributed by atoms with Crippen LogP contribution in [0.1, 0.15) is 106 Å². The van der Waals surface area contributed by atoms with Gasteiger partial charge in [-0.1, -0.05) is 46.8 Å². The quantitative estimate of drug-likeness (QED) is 0.219. The number of hydrogen-bond acceptors (Lipinski definition) is 4. The maximum atomic E-state index is 13.5. The molecule has 43 heavy (non-hydrogen) atoms. The van der Waals surface area contributed by atoms with Crippen LogP contribution < -0.4 is 0 Å². The Morgan fingerprint density at radius 3 is 2.21 bits per heavy atom. The molecule has 0 aromatic carbocycles. The van der Waals surface area contributed by atoms with Gasteiger partial charge in [0.1, 0.15) is 6.10 Å². The Kier molecular flexibility index (Phi) is 7.18. The predicted octanol–water partition coefficient (Wildman–Crippen LogP) is 6.69. The molecule has 5 heteroatoms. The number of hydrogen-bond donors (Lipinski definition) is 1. The first-order chi connectivity index (χ1) is 20.2. The van der Waals surface area contributed by atoms with Gasteiger partial charge in [0.15, 0.2) is 6.54 Å². The van der Waals surface area contributed by atoms with Gasteiger partial charge in [-0.05, 0) is 122 Å². The molecule has 5 aliphatic carbocycles. The third-order valence-corrected chi connectivity index (χ3v) is 16.9. The molecule has 242 valence electrons. The Balaban J connectivity index is 1.11. The van der Waals surface area contributed by atoms with Gasteiger partial charge in [-0.2, -0.15) is 0 Å². The van der Waals surface area contributed by atoms with E-state index in [-0.39, 0.29) is 28.3 Å². The molecule has 0 aromatic heterocycles. The van der Waals surface area contributed by atoms with Gasteiger partial charge in [0.25, 0.3) is 0 Å². The maximum absolute atomic E-state index is 13.5. The Bertz CT molecular complexity index is 1130. The molecule has 0 spiro atoms. The smallest absolute Gasteiger partial charge is 0.362 e. The molecule has 3 heterocycles. The molecule has 5 unspecified atom stereocenters. The molecule has 0 amide bonds. The van der Waals surface area contributed by atoms with E-state index in [1.165, 1.54) is 63.4 Å². The summed E-state index contributed by atoms with van der Waals surface area (Å²) in [4.78, 5) is 16.1. The van der Waals surface area contributed by atoms with Crippen LogP contribution in [0, 0.1) is 56.7 Å². The summed E-state index contributed by atoms with van der Waals surface area (Å²) in [6.07, 6.45) is 12.3. The third kappa shape index (κ3) is 4.21. The van der Waals surface area contributed by atoms with E-state index in [9.17, 15) is 9.90 Å². The number of nitrogens with zero attached hydrogens (tertiary/aromatic N) is 2. The van der Waals surface area contributed by atoms with Crippen LogP contribution in [0.15, 0.2) is 12.2 Å².